The molecule has 0 N–H and O–H groups in total. The van der Waals surface area contributed by atoms with Gasteiger partial charge in [0.2, 0.25) is 0 Å². The second-order valence-corrected chi connectivity index (χ2v) is 24.9. The van der Waals surface area contributed by atoms with Crippen molar-refractivity contribution in [2.75, 3.05) is 6.61 Å². The number of benzene rings is 1. The van der Waals surface area contributed by atoms with Gasteiger partial charge in [-0.3, -0.25) is 0 Å². The van der Waals surface area contributed by atoms with Crippen LogP contribution in [0, 0.1) is 5.41 Å². The van der Waals surface area contributed by atoms with E-state index in [0.717, 1.165) is 5.56 Å². The summed E-state index contributed by atoms with van der Waals surface area (Å²) < 4.78 is 9.55. The fourth-order valence-electron chi connectivity index (χ4n) is 5.26. The van der Waals surface area contributed by atoms with Crippen LogP contribution in [0.25, 0.3) is 0 Å². The van der Waals surface area contributed by atoms with Crippen LogP contribution in [-0.2, 0) is 9.53 Å². The molecule has 0 aromatic heterocycles. The molecule has 1 aromatic carbocycles. The van der Waals surface area contributed by atoms with Gasteiger partial charge in [-0.05, 0) is 0 Å². The molecular formula is C28H47NO3Sn. The van der Waals surface area contributed by atoms with Crippen LogP contribution in [0.15, 0.2) is 30.3 Å². The zero-order valence-corrected chi connectivity index (χ0v) is 24.8. The van der Waals surface area contributed by atoms with Gasteiger partial charge < -0.3 is 0 Å². The molecule has 4 nitrogen and oxygen atoms in total. The van der Waals surface area contributed by atoms with Crippen molar-refractivity contribution in [3.8, 4) is 0 Å². The molecule has 1 aromatic rings. The SMILES string of the molecule is CCC[CH2][Sn]([CH2]CCC)([CH2]CCC)[C@H](CC(=O)C(C)(C)C)N1C(=O)OC[C@H]1c1ccccc1. The summed E-state index contributed by atoms with van der Waals surface area (Å²) >= 11 is -3.00. The average Bonchev–Trinajstić information content (AvgIpc) is 3.18. The van der Waals surface area contributed by atoms with Crippen LogP contribution in [-0.4, -0.2) is 45.8 Å². The standard InChI is InChI=1S/C16H20NO3.3C4H9.Sn/c1-16(2,3)14(18)9-10-17-13(11-20-15(17)19)12-7-5-4-6-8-12;3*1-3-4-2;/h4-8,10,13H,9,11H2,1-3H3;3*1,3-4H2,2H3;/t13-;;;;/m0..../s1. The monoisotopic (exact) mass is 565 g/mol. The summed E-state index contributed by atoms with van der Waals surface area (Å²) in [6.45, 7) is 13.2. The normalized spacial score (nSPS) is 17.8. The number of rotatable bonds is 14. The van der Waals surface area contributed by atoms with Gasteiger partial charge in [0.15, 0.2) is 0 Å². The third-order valence-electron chi connectivity index (χ3n) is 7.44. The summed E-state index contributed by atoms with van der Waals surface area (Å²) in [6.07, 6.45) is 7.43. The van der Waals surface area contributed by atoms with Crippen LogP contribution in [0.1, 0.15) is 98.1 Å². The second kappa shape index (κ2) is 13.2. The molecule has 5 heteroatoms. The van der Waals surface area contributed by atoms with Crippen LogP contribution in [0.4, 0.5) is 4.79 Å². The summed E-state index contributed by atoms with van der Waals surface area (Å²) in [4.78, 5) is 28.9. The number of carbonyl (C=O) groups is 2. The summed E-state index contributed by atoms with van der Waals surface area (Å²) in [5.74, 6) is 0.282. The number of unbranched alkanes of at least 4 members (excludes halogenated alkanes) is 3. The second-order valence-electron chi connectivity index (χ2n) is 11.0. The molecule has 1 saturated heterocycles. The number of amides is 1. The van der Waals surface area contributed by atoms with Gasteiger partial charge in [0, 0.05) is 0 Å². The van der Waals surface area contributed by atoms with E-state index in [-0.39, 0.29) is 22.0 Å². The number of cyclic esters (lactones) is 1. The van der Waals surface area contributed by atoms with Crippen LogP contribution in [0.5, 0.6) is 0 Å². The average molecular weight is 564 g/mol. The van der Waals surface area contributed by atoms with E-state index in [1.807, 2.05) is 39.0 Å². The summed E-state index contributed by atoms with van der Waals surface area (Å²) in [5, 5.41) is 0. The molecule has 2 atom stereocenters. The molecule has 33 heavy (non-hydrogen) atoms. The number of Topliss-reactive ketones (excluding diaryl/α,β-unsaturated/α-hetero) is 1. The van der Waals surface area contributed by atoms with Crippen LogP contribution < -0.4 is 0 Å². The number of carbonyl (C=O) groups excluding carboxylic acids is 2. The Balaban J connectivity index is 2.60. The van der Waals surface area contributed by atoms with E-state index in [1.54, 1.807) is 0 Å². The molecule has 0 bridgehead atoms. The summed E-state index contributed by atoms with van der Waals surface area (Å²) in [6, 6.07) is 10.2. The van der Waals surface area contributed by atoms with Gasteiger partial charge in [0.1, 0.15) is 0 Å². The molecule has 186 valence electrons. The van der Waals surface area contributed by atoms with E-state index in [1.165, 1.54) is 51.8 Å². The molecule has 1 aliphatic heterocycles. The molecule has 1 heterocycles. The maximum absolute atomic E-state index is 13.5. The maximum atomic E-state index is 13.5. The number of ether oxygens (including phenoxy) is 1. The molecule has 1 amide bonds. The third kappa shape index (κ3) is 7.47. The van der Waals surface area contributed by atoms with Gasteiger partial charge in [-0.15, -0.1) is 0 Å². The molecule has 1 aliphatic rings. The quantitative estimate of drug-likeness (QED) is 0.216. The first-order valence-electron chi connectivity index (χ1n) is 13.2. The Morgan fingerprint density at radius 3 is 1.97 bits per heavy atom. The minimum absolute atomic E-state index is 0.0656. The van der Waals surface area contributed by atoms with Crippen LogP contribution in [0.3, 0.4) is 0 Å². The van der Waals surface area contributed by atoms with E-state index in [0.29, 0.717) is 13.0 Å². The fourth-order valence-corrected chi connectivity index (χ4v) is 23.6. The Morgan fingerprint density at radius 2 is 1.52 bits per heavy atom. The van der Waals surface area contributed by atoms with Crippen LogP contribution in [0.2, 0.25) is 13.3 Å². The van der Waals surface area contributed by atoms with Gasteiger partial charge in [-0.1, -0.05) is 0 Å². The van der Waals surface area contributed by atoms with Crippen molar-refractivity contribution in [1.82, 2.24) is 4.90 Å². The molecule has 0 aliphatic carbocycles. The first kappa shape index (κ1) is 28.2. The van der Waals surface area contributed by atoms with Crippen molar-refractivity contribution in [1.29, 1.82) is 0 Å². The Bertz CT molecular complexity index is 721. The van der Waals surface area contributed by atoms with Gasteiger partial charge >= 0.3 is 207 Å². The Morgan fingerprint density at radius 1 is 1.00 bits per heavy atom. The van der Waals surface area contributed by atoms with E-state index in [9.17, 15) is 9.59 Å². The van der Waals surface area contributed by atoms with E-state index >= 15 is 0 Å². The fraction of sp³-hybridized carbons (Fsp3) is 0.714. The molecule has 0 unspecified atom stereocenters. The molecular weight excluding hydrogens is 517 g/mol. The zero-order chi connectivity index (χ0) is 24.5. The van der Waals surface area contributed by atoms with E-state index in [4.69, 9.17) is 4.74 Å². The van der Waals surface area contributed by atoms with Gasteiger partial charge in [0.25, 0.3) is 0 Å². The number of hydrogen-bond donors (Lipinski definition) is 0. The van der Waals surface area contributed by atoms with Gasteiger partial charge in [-0.2, -0.15) is 0 Å². The van der Waals surface area contributed by atoms with Crippen molar-refractivity contribution in [3.05, 3.63) is 35.9 Å². The molecule has 2 rings (SSSR count). The molecule has 0 spiro atoms. The minimum atomic E-state index is -3.00. The Hall–Kier alpha value is -1.04. The number of hydrogen-bond acceptors (Lipinski definition) is 3. The van der Waals surface area contributed by atoms with Crippen LogP contribution >= 0.6 is 0 Å². The van der Waals surface area contributed by atoms with Crippen molar-refractivity contribution < 1.29 is 14.3 Å². The topological polar surface area (TPSA) is 46.6 Å². The number of ketones is 1. The van der Waals surface area contributed by atoms with E-state index < -0.39 is 23.8 Å². The molecule has 0 saturated carbocycles. The molecule has 1 fully saturated rings. The van der Waals surface area contributed by atoms with E-state index in [2.05, 4.69) is 37.8 Å². The van der Waals surface area contributed by atoms with Gasteiger partial charge in [-0.25, -0.2) is 0 Å². The van der Waals surface area contributed by atoms with Crippen molar-refractivity contribution >= 4 is 30.3 Å². The first-order chi connectivity index (χ1) is 15.7. The molecule has 0 radical (unpaired) electrons. The van der Waals surface area contributed by atoms with Crippen molar-refractivity contribution in [2.45, 2.75) is 110 Å². The summed E-state index contributed by atoms with van der Waals surface area (Å²) in [5.41, 5.74) is 0.723. The summed E-state index contributed by atoms with van der Waals surface area (Å²) in [7, 11) is 0. The predicted octanol–water partition coefficient (Wildman–Crippen LogP) is 7.94. The van der Waals surface area contributed by atoms with Crippen molar-refractivity contribution in [3.63, 3.8) is 0 Å². The Kier molecular flexibility index (Phi) is 11.2. The zero-order valence-electron chi connectivity index (χ0n) is 22.0. The number of nitrogens with zero attached hydrogens (tertiary/aromatic N) is 1. The van der Waals surface area contributed by atoms with Crippen molar-refractivity contribution in [2.24, 2.45) is 5.41 Å². The predicted molar refractivity (Wildman–Crippen MR) is 140 cm³/mol. The third-order valence-corrected chi connectivity index (χ3v) is 24.4. The first-order valence-corrected chi connectivity index (χ1v) is 20.9. The Labute approximate surface area is 206 Å². The van der Waals surface area contributed by atoms with Gasteiger partial charge in [0.05, 0.1) is 0 Å².